The average molecular weight is 359 g/mol. The van der Waals surface area contributed by atoms with Gasteiger partial charge in [0.15, 0.2) is 0 Å². The van der Waals surface area contributed by atoms with Gasteiger partial charge in [0.2, 0.25) is 0 Å². The van der Waals surface area contributed by atoms with Crippen LogP contribution >= 0.6 is 0 Å². The lowest BCUT2D eigenvalue weighted by Crippen LogP contribution is -2.02. The number of carbonyl (C=O) groups is 1. The predicted octanol–water partition coefficient (Wildman–Crippen LogP) is 3.63. The van der Waals surface area contributed by atoms with E-state index in [0.717, 1.165) is 11.3 Å². The quantitative estimate of drug-likeness (QED) is 0.395. The molecule has 3 rings (SSSR count). The Morgan fingerprint density at radius 2 is 1.81 bits per heavy atom. The fraction of sp³-hybridized carbons (Fsp3) is 0.0952. The highest BCUT2D eigenvalue weighted by molar-refractivity contribution is 5.98. The van der Waals surface area contributed by atoms with Crippen molar-refractivity contribution in [3.63, 3.8) is 0 Å². The van der Waals surface area contributed by atoms with E-state index in [0.29, 0.717) is 17.0 Å². The molecule has 27 heavy (non-hydrogen) atoms. The van der Waals surface area contributed by atoms with E-state index < -0.39 is 5.97 Å². The summed E-state index contributed by atoms with van der Waals surface area (Å²) in [6.07, 6.45) is 3.23. The Morgan fingerprint density at radius 1 is 1.11 bits per heavy atom. The second-order valence-electron chi connectivity index (χ2n) is 5.57. The van der Waals surface area contributed by atoms with Crippen molar-refractivity contribution >= 4 is 12.0 Å². The number of carbonyl (C=O) groups excluding carboxylic acids is 1. The summed E-state index contributed by atoms with van der Waals surface area (Å²) in [7, 11) is 2.82. The summed E-state index contributed by atoms with van der Waals surface area (Å²) in [6.45, 7) is 0. The SMILES string of the molecule is COC(=O)/C(C#N)=C/c1cn(-c2ccccc2)nc1-c1ccccc1OC. The average Bonchev–Trinajstić information content (AvgIpc) is 3.15. The molecule has 0 aliphatic rings. The van der Waals surface area contributed by atoms with Crippen LogP contribution in [-0.2, 0) is 9.53 Å². The first-order chi connectivity index (χ1) is 13.2. The highest BCUT2D eigenvalue weighted by atomic mass is 16.5. The predicted molar refractivity (Wildman–Crippen MR) is 101 cm³/mol. The number of esters is 1. The van der Waals surface area contributed by atoms with Crippen molar-refractivity contribution in [1.82, 2.24) is 9.78 Å². The van der Waals surface area contributed by atoms with Crippen LogP contribution in [0.15, 0.2) is 66.4 Å². The number of ether oxygens (including phenoxy) is 2. The molecule has 0 unspecified atom stereocenters. The van der Waals surface area contributed by atoms with E-state index in [-0.39, 0.29) is 5.57 Å². The second-order valence-corrected chi connectivity index (χ2v) is 5.57. The number of nitrogens with zero attached hydrogens (tertiary/aromatic N) is 3. The van der Waals surface area contributed by atoms with Gasteiger partial charge >= 0.3 is 5.97 Å². The molecule has 0 saturated carbocycles. The van der Waals surface area contributed by atoms with Crippen LogP contribution in [0.25, 0.3) is 23.0 Å². The molecule has 0 N–H and O–H groups in total. The van der Waals surface area contributed by atoms with Gasteiger partial charge in [0.1, 0.15) is 23.1 Å². The third-order valence-corrected chi connectivity index (χ3v) is 3.95. The number of hydrogen-bond acceptors (Lipinski definition) is 5. The fourth-order valence-corrected chi connectivity index (χ4v) is 2.66. The summed E-state index contributed by atoms with van der Waals surface area (Å²) >= 11 is 0. The standard InChI is InChI=1S/C21H17N3O3/c1-26-19-11-7-6-10-18(19)20-16(12-15(13-22)21(25)27-2)14-24(23-20)17-8-4-3-5-9-17/h3-12,14H,1-2H3/b15-12+. The van der Waals surface area contributed by atoms with Gasteiger partial charge in [-0.25, -0.2) is 9.48 Å². The molecule has 0 bridgehead atoms. The van der Waals surface area contributed by atoms with Gasteiger partial charge < -0.3 is 9.47 Å². The summed E-state index contributed by atoms with van der Waals surface area (Å²) in [5.74, 6) is -0.0574. The van der Waals surface area contributed by atoms with Crippen LogP contribution in [0.1, 0.15) is 5.56 Å². The van der Waals surface area contributed by atoms with E-state index >= 15 is 0 Å². The minimum atomic E-state index is -0.698. The number of benzene rings is 2. The van der Waals surface area contributed by atoms with E-state index in [1.54, 1.807) is 18.0 Å². The highest BCUT2D eigenvalue weighted by Crippen LogP contribution is 2.32. The largest absolute Gasteiger partial charge is 0.496 e. The summed E-state index contributed by atoms with van der Waals surface area (Å²) in [4.78, 5) is 11.8. The highest BCUT2D eigenvalue weighted by Gasteiger charge is 2.17. The molecule has 2 aromatic carbocycles. The first kappa shape index (κ1) is 18.0. The Bertz CT molecular complexity index is 1030. The van der Waals surface area contributed by atoms with Gasteiger partial charge in [-0.05, 0) is 30.3 Å². The third kappa shape index (κ3) is 3.72. The summed E-state index contributed by atoms with van der Waals surface area (Å²) in [5.41, 5.74) is 2.69. The summed E-state index contributed by atoms with van der Waals surface area (Å²) < 4.78 is 11.8. The smallest absolute Gasteiger partial charge is 0.348 e. The first-order valence-electron chi connectivity index (χ1n) is 8.16. The monoisotopic (exact) mass is 359 g/mol. The lowest BCUT2D eigenvalue weighted by Gasteiger charge is -2.06. The molecule has 0 fully saturated rings. The molecule has 3 aromatic rings. The van der Waals surface area contributed by atoms with Gasteiger partial charge in [0, 0.05) is 17.3 Å². The Morgan fingerprint density at radius 3 is 2.48 bits per heavy atom. The van der Waals surface area contributed by atoms with E-state index in [4.69, 9.17) is 4.74 Å². The van der Waals surface area contributed by atoms with Gasteiger partial charge in [0.25, 0.3) is 0 Å². The minimum absolute atomic E-state index is 0.110. The summed E-state index contributed by atoms with van der Waals surface area (Å²) in [6, 6.07) is 18.9. The fourth-order valence-electron chi connectivity index (χ4n) is 2.66. The zero-order valence-electron chi connectivity index (χ0n) is 14.9. The van der Waals surface area contributed by atoms with Crippen molar-refractivity contribution in [2.24, 2.45) is 0 Å². The van der Waals surface area contributed by atoms with Crippen molar-refractivity contribution in [2.75, 3.05) is 14.2 Å². The first-order valence-corrected chi connectivity index (χ1v) is 8.16. The lowest BCUT2D eigenvalue weighted by atomic mass is 10.1. The second kappa shape index (κ2) is 8.02. The Hall–Kier alpha value is -3.85. The zero-order valence-corrected chi connectivity index (χ0v) is 14.9. The molecule has 6 nitrogen and oxygen atoms in total. The molecule has 0 aliphatic carbocycles. The Kier molecular flexibility index (Phi) is 5.33. The molecule has 0 amide bonds. The molecule has 0 atom stereocenters. The van der Waals surface area contributed by atoms with Crippen molar-refractivity contribution in [2.45, 2.75) is 0 Å². The van der Waals surface area contributed by atoms with E-state index in [1.165, 1.54) is 13.2 Å². The van der Waals surface area contributed by atoms with Crippen LogP contribution in [0.4, 0.5) is 0 Å². The van der Waals surface area contributed by atoms with Crippen molar-refractivity contribution in [3.05, 3.63) is 71.9 Å². The van der Waals surface area contributed by atoms with Crippen LogP contribution in [-0.4, -0.2) is 30.0 Å². The molecular weight excluding hydrogens is 342 g/mol. The normalized spacial score (nSPS) is 10.9. The zero-order chi connectivity index (χ0) is 19.2. The molecule has 1 aromatic heterocycles. The molecule has 0 aliphatic heterocycles. The van der Waals surface area contributed by atoms with Gasteiger partial charge in [-0.1, -0.05) is 30.3 Å². The molecule has 1 heterocycles. The molecule has 0 saturated heterocycles. The lowest BCUT2D eigenvalue weighted by molar-refractivity contribution is -0.135. The third-order valence-electron chi connectivity index (χ3n) is 3.95. The number of rotatable bonds is 5. The molecular formula is C21H17N3O3. The van der Waals surface area contributed by atoms with Gasteiger partial charge in [-0.3, -0.25) is 0 Å². The Balaban J connectivity index is 2.22. The molecule has 0 radical (unpaired) electrons. The minimum Gasteiger partial charge on any atom is -0.496 e. The maximum Gasteiger partial charge on any atom is 0.348 e. The maximum atomic E-state index is 11.8. The maximum absolute atomic E-state index is 11.8. The van der Waals surface area contributed by atoms with Gasteiger partial charge in [-0.15, -0.1) is 0 Å². The summed E-state index contributed by atoms with van der Waals surface area (Å²) in [5, 5.41) is 14.0. The van der Waals surface area contributed by atoms with E-state index in [2.05, 4.69) is 9.84 Å². The van der Waals surface area contributed by atoms with Crippen LogP contribution in [0.3, 0.4) is 0 Å². The number of hydrogen-bond donors (Lipinski definition) is 0. The topological polar surface area (TPSA) is 77.1 Å². The number of para-hydroxylation sites is 2. The number of nitriles is 1. The van der Waals surface area contributed by atoms with Crippen molar-refractivity contribution in [3.8, 4) is 28.8 Å². The van der Waals surface area contributed by atoms with Crippen LogP contribution < -0.4 is 4.74 Å². The van der Waals surface area contributed by atoms with E-state index in [1.807, 2.05) is 60.7 Å². The van der Waals surface area contributed by atoms with Gasteiger partial charge in [-0.2, -0.15) is 10.4 Å². The Labute approximate surface area is 156 Å². The van der Waals surface area contributed by atoms with Crippen molar-refractivity contribution in [1.29, 1.82) is 5.26 Å². The van der Waals surface area contributed by atoms with Gasteiger partial charge in [0.05, 0.1) is 19.9 Å². The number of methoxy groups -OCH3 is 2. The van der Waals surface area contributed by atoms with Crippen LogP contribution in [0, 0.1) is 11.3 Å². The number of aromatic nitrogens is 2. The van der Waals surface area contributed by atoms with Crippen LogP contribution in [0.2, 0.25) is 0 Å². The molecule has 6 heteroatoms. The van der Waals surface area contributed by atoms with Crippen molar-refractivity contribution < 1.29 is 14.3 Å². The van der Waals surface area contributed by atoms with Crippen LogP contribution in [0.5, 0.6) is 5.75 Å². The molecule has 134 valence electrons. The molecule has 0 spiro atoms. The van der Waals surface area contributed by atoms with E-state index in [9.17, 15) is 10.1 Å².